The van der Waals surface area contributed by atoms with Crippen LogP contribution in [0.15, 0.2) is 6.07 Å². The molecule has 0 aromatic carbocycles. The smallest absolute Gasteiger partial charge is 0.345 e. The van der Waals surface area contributed by atoms with Gasteiger partial charge in [0.1, 0.15) is 0 Å². The molecule has 0 radical (unpaired) electrons. The van der Waals surface area contributed by atoms with Crippen molar-refractivity contribution in [1.82, 2.24) is 15.1 Å². The maximum atomic E-state index is 11.4. The molecule has 0 unspecified atom stereocenters. The van der Waals surface area contributed by atoms with Crippen molar-refractivity contribution in [2.45, 2.75) is 13.5 Å². The predicted molar refractivity (Wildman–Crippen MR) is 58.5 cm³/mol. The average molecular weight is 242 g/mol. The van der Waals surface area contributed by atoms with E-state index in [1.165, 1.54) is 13.2 Å². The second-order valence-corrected chi connectivity index (χ2v) is 3.40. The molecule has 94 valence electrons. The number of nitro groups is 1. The normalized spacial score (nSPS) is 10.2. The number of ether oxygens (including phenoxy) is 1. The van der Waals surface area contributed by atoms with E-state index in [2.05, 4.69) is 10.4 Å². The Morgan fingerprint density at radius 2 is 2.41 bits per heavy atom. The maximum Gasteiger partial charge on any atom is 0.345 e. The van der Waals surface area contributed by atoms with Crippen molar-refractivity contribution in [3.63, 3.8) is 0 Å². The Kier molecular flexibility index (Phi) is 4.58. The van der Waals surface area contributed by atoms with Gasteiger partial charge in [0.05, 0.1) is 18.4 Å². The highest BCUT2D eigenvalue weighted by atomic mass is 16.6. The molecule has 0 aliphatic rings. The van der Waals surface area contributed by atoms with Crippen LogP contribution in [0.1, 0.15) is 5.69 Å². The van der Waals surface area contributed by atoms with Crippen LogP contribution >= 0.6 is 0 Å². The molecule has 0 aliphatic heterocycles. The van der Waals surface area contributed by atoms with Gasteiger partial charge in [0.2, 0.25) is 0 Å². The quantitative estimate of drug-likeness (QED) is 0.425. The van der Waals surface area contributed by atoms with E-state index in [1.807, 2.05) is 0 Å². The fraction of sp³-hybridized carbons (Fsp3) is 0.556. The van der Waals surface area contributed by atoms with Crippen LogP contribution in [0.5, 0.6) is 0 Å². The number of nitrogens with zero attached hydrogens (tertiary/aromatic N) is 3. The van der Waals surface area contributed by atoms with Crippen molar-refractivity contribution in [1.29, 1.82) is 0 Å². The number of carbonyl (C=O) groups is 1. The Bertz CT molecular complexity index is 415. The van der Waals surface area contributed by atoms with Crippen LogP contribution in [-0.2, 0) is 16.1 Å². The molecule has 1 rings (SSSR count). The maximum absolute atomic E-state index is 11.4. The second kappa shape index (κ2) is 5.94. The molecule has 1 aromatic rings. The summed E-state index contributed by atoms with van der Waals surface area (Å²) in [6.07, 6.45) is 0. The molecule has 0 spiro atoms. The van der Waals surface area contributed by atoms with Gasteiger partial charge in [-0.3, -0.25) is 4.79 Å². The van der Waals surface area contributed by atoms with Crippen molar-refractivity contribution in [2.75, 3.05) is 20.3 Å². The van der Waals surface area contributed by atoms with Gasteiger partial charge in [-0.1, -0.05) is 5.10 Å². The highest BCUT2D eigenvalue weighted by molar-refractivity contribution is 5.75. The standard InChI is InChI=1S/C9H14N4O4/c1-7-5-9(13(15)16)12(11-7)6-8(14)10-3-4-17-2/h5H,3-4,6H2,1-2H3,(H,10,14). The van der Waals surface area contributed by atoms with Crippen LogP contribution in [0.2, 0.25) is 0 Å². The summed E-state index contributed by atoms with van der Waals surface area (Å²) in [5.41, 5.74) is 0.501. The van der Waals surface area contributed by atoms with Crippen LogP contribution in [0, 0.1) is 17.0 Å². The van der Waals surface area contributed by atoms with E-state index >= 15 is 0 Å². The lowest BCUT2D eigenvalue weighted by atomic mass is 10.5. The van der Waals surface area contributed by atoms with Gasteiger partial charge in [0.25, 0.3) is 5.91 Å². The molecular formula is C9H14N4O4. The number of nitrogens with one attached hydrogen (secondary N) is 1. The van der Waals surface area contributed by atoms with Crippen LogP contribution in [-0.4, -0.2) is 40.9 Å². The van der Waals surface area contributed by atoms with Gasteiger partial charge in [-0.25, -0.2) is 0 Å². The predicted octanol–water partition coefficient (Wildman–Crippen LogP) is -0.138. The number of aromatic nitrogens is 2. The summed E-state index contributed by atoms with van der Waals surface area (Å²) >= 11 is 0. The SMILES string of the molecule is COCCNC(=O)Cn1nc(C)cc1[N+](=O)[O-]. The Balaban J connectivity index is 2.61. The molecule has 0 saturated heterocycles. The van der Waals surface area contributed by atoms with Crippen LogP contribution in [0.25, 0.3) is 0 Å². The van der Waals surface area contributed by atoms with Gasteiger partial charge in [0.15, 0.2) is 6.54 Å². The van der Waals surface area contributed by atoms with Crippen LogP contribution < -0.4 is 5.32 Å². The number of aryl methyl sites for hydroxylation is 1. The third-order valence-electron chi connectivity index (χ3n) is 1.99. The molecular weight excluding hydrogens is 228 g/mol. The van der Waals surface area contributed by atoms with E-state index in [1.54, 1.807) is 6.92 Å². The molecule has 8 heteroatoms. The first kappa shape index (κ1) is 13.1. The van der Waals surface area contributed by atoms with E-state index in [0.717, 1.165) is 4.68 Å². The summed E-state index contributed by atoms with van der Waals surface area (Å²) < 4.78 is 5.83. The van der Waals surface area contributed by atoms with E-state index in [4.69, 9.17) is 4.74 Å². The van der Waals surface area contributed by atoms with Gasteiger partial charge in [-0.2, -0.15) is 0 Å². The van der Waals surface area contributed by atoms with E-state index in [-0.39, 0.29) is 18.3 Å². The number of amides is 1. The fourth-order valence-corrected chi connectivity index (χ4v) is 1.28. The highest BCUT2D eigenvalue weighted by Gasteiger charge is 2.18. The van der Waals surface area contributed by atoms with Crippen LogP contribution in [0.4, 0.5) is 5.82 Å². The Morgan fingerprint density at radius 1 is 1.71 bits per heavy atom. The third-order valence-corrected chi connectivity index (χ3v) is 1.99. The molecule has 8 nitrogen and oxygen atoms in total. The van der Waals surface area contributed by atoms with E-state index < -0.39 is 4.92 Å². The molecule has 1 heterocycles. The molecule has 0 saturated carbocycles. The number of carbonyl (C=O) groups excluding carboxylic acids is 1. The number of rotatable bonds is 6. The summed E-state index contributed by atoms with van der Waals surface area (Å²) in [7, 11) is 1.52. The van der Waals surface area contributed by atoms with E-state index in [9.17, 15) is 14.9 Å². The minimum atomic E-state index is -0.567. The lowest BCUT2D eigenvalue weighted by molar-refractivity contribution is -0.392. The lowest BCUT2D eigenvalue weighted by Crippen LogP contribution is -2.30. The van der Waals surface area contributed by atoms with Crippen LogP contribution in [0.3, 0.4) is 0 Å². The third kappa shape index (κ3) is 3.83. The molecule has 1 N–H and O–H groups in total. The number of hydrogen-bond donors (Lipinski definition) is 1. The zero-order valence-corrected chi connectivity index (χ0v) is 9.67. The molecule has 1 amide bonds. The summed E-state index contributed by atoms with van der Waals surface area (Å²) in [6.45, 7) is 2.22. The zero-order chi connectivity index (χ0) is 12.8. The second-order valence-electron chi connectivity index (χ2n) is 3.40. The van der Waals surface area contributed by atoms with Gasteiger partial charge < -0.3 is 20.2 Å². The van der Waals surface area contributed by atoms with Gasteiger partial charge >= 0.3 is 5.82 Å². The topological polar surface area (TPSA) is 99.3 Å². The molecule has 0 atom stereocenters. The summed E-state index contributed by atoms with van der Waals surface area (Å²) in [5, 5.41) is 17.1. The van der Waals surface area contributed by atoms with Crippen molar-refractivity contribution >= 4 is 11.7 Å². The van der Waals surface area contributed by atoms with Gasteiger partial charge in [0, 0.05) is 13.7 Å². The zero-order valence-electron chi connectivity index (χ0n) is 9.67. The molecule has 0 fully saturated rings. The average Bonchev–Trinajstić information content (AvgIpc) is 2.60. The highest BCUT2D eigenvalue weighted by Crippen LogP contribution is 2.12. The Labute approximate surface area is 97.7 Å². The summed E-state index contributed by atoms with van der Waals surface area (Å²) in [4.78, 5) is 21.5. The summed E-state index contributed by atoms with van der Waals surface area (Å²) in [6, 6.07) is 1.32. The van der Waals surface area contributed by atoms with E-state index in [0.29, 0.717) is 18.8 Å². The van der Waals surface area contributed by atoms with Crippen molar-refractivity contribution in [3.8, 4) is 0 Å². The Morgan fingerprint density at radius 3 is 3.00 bits per heavy atom. The largest absolute Gasteiger partial charge is 0.383 e. The molecule has 0 aliphatic carbocycles. The van der Waals surface area contributed by atoms with Crippen molar-refractivity contribution < 1.29 is 14.5 Å². The monoisotopic (exact) mass is 242 g/mol. The van der Waals surface area contributed by atoms with Crippen molar-refractivity contribution in [2.24, 2.45) is 0 Å². The lowest BCUT2D eigenvalue weighted by Gasteiger charge is -2.02. The van der Waals surface area contributed by atoms with Gasteiger partial charge in [-0.05, 0) is 11.8 Å². The first-order valence-electron chi connectivity index (χ1n) is 4.99. The molecule has 0 bridgehead atoms. The molecule has 1 aromatic heterocycles. The van der Waals surface area contributed by atoms with Crippen molar-refractivity contribution in [3.05, 3.63) is 21.9 Å². The first-order chi connectivity index (χ1) is 8.04. The summed E-state index contributed by atoms with van der Waals surface area (Å²) in [5.74, 6) is -0.530. The number of hydrogen-bond acceptors (Lipinski definition) is 5. The Hall–Kier alpha value is -1.96. The fourth-order valence-electron chi connectivity index (χ4n) is 1.28. The minimum Gasteiger partial charge on any atom is -0.383 e. The minimum absolute atomic E-state index is 0.173. The first-order valence-corrected chi connectivity index (χ1v) is 4.99. The number of methoxy groups -OCH3 is 1. The van der Waals surface area contributed by atoms with Gasteiger partial charge in [-0.15, -0.1) is 4.68 Å². The molecule has 17 heavy (non-hydrogen) atoms.